The van der Waals surface area contributed by atoms with Gasteiger partial charge in [0.15, 0.2) is 5.96 Å². The van der Waals surface area contributed by atoms with Crippen LogP contribution < -0.4 is 15.4 Å². The van der Waals surface area contributed by atoms with E-state index >= 15 is 0 Å². The fourth-order valence-corrected chi connectivity index (χ4v) is 2.73. The molecular formula is C17H30IN5O3S. The molecule has 0 heterocycles. The third kappa shape index (κ3) is 11.1. The van der Waals surface area contributed by atoms with Crippen molar-refractivity contribution in [3.05, 3.63) is 35.4 Å². The maximum absolute atomic E-state index is 12.0. The first-order valence-electron chi connectivity index (χ1n) is 8.42. The summed E-state index contributed by atoms with van der Waals surface area (Å²) in [4.78, 5) is 17.7. The van der Waals surface area contributed by atoms with Gasteiger partial charge in [0.1, 0.15) is 0 Å². The Morgan fingerprint density at radius 2 is 1.81 bits per heavy atom. The minimum absolute atomic E-state index is 0. The van der Waals surface area contributed by atoms with Gasteiger partial charge in [-0.1, -0.05) is 12.1 Å². The van der Waals surface area contributed by atoms with E-state index in [1.807, 2.05) is 24.3 Å². The molecule has 0 fully saturated rings. The number of guanidine groups is 1. The molecule has 1 aromatic carbocycles. The molecule has 0 atom stereocenters. The topological polar surface area (TPSA) is 103 Å². The third-order valence-corrected chi connectivity index (χ3v) is 4.25. The largest absolute Gasteiger partial charge is 0.356 e. The van der Waals surface area contributed by atoms with E-state index in [0.29, 0.717) is 37.6 Å². The lowest BCUT2D eigenvalue weighted by atomic mass is 10.1. The molecular weight excluding hydrogens is 481 g/mol. The van der Waals surface area contributed by atoms with E-state index in [9.17, 15) is 13.2 Å². The van der Waals surface area contributed by atoms with Crippen LogP contribution in [-0.2, 0) is 16.4 Å². The maximum Gasteiger partial charge on any atom is 0.253 e. The van der Waals surface area contributed by atoms with Crippen molar-refractivity contribution in [2.45, 2.75) is 12.8 Å². The summed E-state index contributed by atoms with van der Waals surface area (Å²) in [5.74, 6) is 0.643. The number of hydrogen-bond acceptors (Lipinski definition) is 4. The summed E-state index contributed by atoms with van der Waals surface area (Å²) in [5.41, 5.74) is 1.74. The van der Waals surface area contributed by atoms with Crippen molar-refractivity contribution in [3.63, 3.8) is 0 Å². The molecule has 27 heavy (non-hydrogen) atoms. The minimum Gasteiger partial charge on any atom is -0.356 e. The van der Waals surface area contributed by atoms with Gasteiger partial charge in [-0.25, -0.2) is 13.1 Å². The zero-order valence-electron chi connectivity index (χ0n) is 16.3. The second-order valence-electron chi connectivity index (χ2n) is 6.10. The normalized spacial score (nSPS) is 11.5. The quantitative estimate of drug-likeness (QED) is 0.196. The summed E-state index contributed by atoms with van der Waals surface area (Å²) in [7, 11) is 2.01. The Morgan fingerprint density at radius 1 is 1.15 bits per heavy atom. The number of aliphatic imine (C=N–C) groups is 1. The molecule has 1 rings (SSSR count). The first-order chi connectivity index (χ1) is 12.2. The molecule has 0 saturated heterocycles. The molecule has 10 heteroatoms. The molecule has 0 spiro atoms. The molecule has 0 radical (unpaired) electrons. The number of sulfonamides is 1. The molecule has 0 saturated carbocycles. The lowest BCUT2D eigenvalue weighted by Gasteiger charge is -2.13. The highest BCUT2D eigenvalue weighted by Crippen LogP contribution is 2.07. The van der Waals surface area contributed by atoms with Crippen molar-refractivity contribution < 1.29 is 13.2 Å². The van der Waals surface area contributed by atoms with Crippen LogP contribution in [0.4, 0.5) is 0 Å². The highest BCUT2D eigenvalue weighted by atomic mass is 127. The van der Waals surface area contributed by atoms with Gasteiger partial charge < -0.3 is 15.5 Å². The Kier molecular flexibility index (Phi) is 12.2. The number of benzene rings is 1. The molecule has 0 aromatic heterocycles. The van der Waals surface area contributed by atoms with Crippen molar-refractivity contribution in [2.75, 3.05) is 47.0 Å². The number of nitrogens with zero attached hydrogens (tertiary/aromatic N) is 2. The second kappa shape index (κ2) is 12.9. The summed E-state index contributed by atoms with van der Waals surface area (Å²) >= 11 is 0. The van der Waals surface area contributed by atoms with Gasteiger partial charge in [0.25, 0.3) is 5.91 Å². The standard InChI is InChI=1S/C17H29N5O3S.HI/c1-18-17(19-10-6-11-21-26(4,24)25)20-12-9-14-7-5-8-15(13-14)16(23)22(2)3;/h5,7-8,13,21H,6,9-12H2,1-4H3,(H2,18,19,20);1H. The predicted octanol–water partition coefficient (Wildman–Crippen LogP) is 0.653. The van der Waals surface area contributed by atoms with E-state index in [1.54, 1.807) is 26.0 Å². The van der Waals surface area contributed by atoms with Crippen LogP contribution in [0.15, 0.2) is 29.3 Å². The molecule has 0 aliphatic heterocycles. The third-order valence-electron chi connectivity index (χ3n) is 3.52. The average Bonchev–Trinajstić information content (AvgIpc) is 2.58. The Hall–Kier alpha value is -1.40. The Balaban J connectivity index is 0.00000676. The molecule has 0 unspecified atom stereocenters. The Labute approximate surface area is 179 Å². The second-order valence-corrected chi connectivity index (χ2v) is 7.93. The summed E-state index contributed by atoms with van der Waals surface area (Å²) in [6.45, 7) is 1.66. The van der Waals surface area contributed by atoms with Gasteiger partial charge in [-0.15, -0.1) is 24.0 Å². The fourth-order valence-electron chi connectivity index (χ4n) is 2.22. The van der Waals surface area contributed by atoms with Crippen molar-refractivity contribution in [1.29, 1.82) is 0 Å². The zero-order chi connectivity index (χ0) is 19.6. The first-order valence-corrected chi connectivity index (χ1v) is 10.3. The fraction of sp³-hybridized carbons (Fsp3) is 0.529. The van der Waals surface area contributed by atoms with E-state index in [4.69, 9.17) is 0 Å². The number of nitrogens with one attached hydrogen (secondary N) is 3. The predicted molar refractivity (Wildman–Crippen MR) is 120 cm³/mol. The van der Waals surface area contributed by atoms with Gasteiger partial charge in [-0.2, -0.15) is 0 Å². The maximum atomic E-state index is 12.0. The number of carbonyl (C=O) groups is 1. The molecule has 8 nitrogen and oxygen atoms in total. The number of amides is 1. The van der Waals surface area contributed by atoms with Gasteiger partial charge in [0.2, 0.25) is 10.0 Å². The minimum atomic E-state index is -3.14. The molecule has 1 amide bonds. The summed E-state index contributed by atoms with van der Waals surface area (Å²) in [6, 6.07) is 7.58. The number of rotatable bonds is 9. The molecule has 1 aromatic rings. The van der Waals surface area contributed by atoms with Crippen LogP contribution in [-0.4, -0.2) is 72.2 Å². The Bertz CT molecular complexity index is 723. The van der Waals surface area contributed by atoms with Crippen molar-refractivity contribution in [1.82, 2.24) is 20.3 Å². The van der Waals surface area contributed by atoms with Crippen molar-refractivity contribution in [2.24, 2.45) is 4.99 Å². The van der Waals surface area contributed by atoms with E-state index in [2.05, 4.69) is 20.3 Å². The number of halogens is 1. The van der Waals surface area contributed by atoms with E-state index in [-0.39, 0.29) is 29.9 Å². The zero-order valence-corrected chi connectivity index (χ0v) is 19.4. The van der Waals surface area contributed by atoms with Crippen LogP contribution >= 0.6 is 24.0 Å². The van der Waals surface area contributed by atoms with E-state index in [1.165, 1.54) is 0 Å². The SMILES string of the molecule is CN=C(NCCCNS(C)(=O)=O)NCCc1cccc(C(=O)N(C)C)c1.I. The average molecular weight is 511 g/mol. The summed E-state index contributed by atoms with van der Waals surface area (Å²) in [5, 5.41) is 6.33. The van der Waals surface area contributed by atoms with Gasteiger partial charge in [0, 0.05) is 46.3 Å². The highest BCUT2D eigenvalue weighted by molar-refractivity contribution is 14.0. The highest BCUT2D eigenvalue weighted by Gasteiger charge is 2.08. The van der Waals surface area contributed by atoms with Gasteiger partial charge in [-0.3, -0.25) is 9.79 Å². The molecule has 0 bridgehead atoms. The van der Waals surface area contributed by atoms with Crippen molar-refractivity contribution in [3.8, 4) is 0 Å². The van der Waals surface area contributed by atoms with Crippen LogP contribution in [0.3, 0.4) is 0 Å². The lowest BCUT2D eigenvalue weighted by molar-refractivity contribution is 0.0827. The smallest absolute Gasteiger partial charge is 0.253 e. The summed E-state index contributed by atoms with van der Waals surface area (Å²) < 4.78 is 24.4. The lowest BCUT2D eigenvalue weighted by Crippen LogP contribution is -2.39. The first kappa shape index (κ1) is 25.6. The van der Waals surface area contributed by atoms with Gasteiger partial charge >= 0.3 is 0 Å². The molecule has 3 N–H and O–H groups in total. The van der Waals surface area contributed by atoms with Crippen LogP contribution in [0, 0.1) is 0 Å². The molecule has 0 aliphatic carbocycles. The van der Waals surface area contributed by atoms with E-state index < -0.39 is 10.0 Å². The molecule has 154 valence electrons. The molecule has 0 aliphatic rings. The van der Waals surface area contributed by atoms with Crippen molar-refractivity contribution >= 4 is 45.9 Å². The Morgan fingerprint density at radius 3 is 2.41 bits per heavy atom. The van der Waals surface area contributed by atoms with Gasteiger partial charge in [-0.05, 0) is 30.5 Å². The van der Waals surface area contributed by atoms with Crippen LogP contribution in [0.25, 0.3) is 0 Å². The number of hydrogen-bond donors (Lipinski definition) is 3. The van der Waals surface area contributed by atoms with Crippen LogP contribution in [0.2, 0.25) is 0 Å². The van der Waals surface area contributed by atoms with Crippen LogP contribution in [0.5, 0.6) is 0 Å². The number of carbonyl (C=O) groups excluding carboxylic acids is 1. The van der Waals surface area contributed by atoms with Crippen LogP contribution in [0.1, 0.15) is 22.3 Å². The van der Waals surface area contributed by atoms with E-state index in [0.717, 1.165) is 18.2 Å². The summed E-state index contributed by atoms with van der Waals surface area (Å²) in [6.07, 6.45) is 2.55. The van der Waals surface area contributed by atoms with Gasteiger partial charge in [0.05, 0.1) is 6.26 Å². The monoisotopic (exact) mass is 511 g/mol.